The van der Waals surface area contributed by atoms with Crippen molar-refractivity contribution in [2.75, 3.05) is 31.6 Å². The number of ether oxygens (including phenoxy) is 2. The second-order valence-corrected chi connectivity index (χ2v) is 5.65. The van der Waals surface area contributed by atoms with Gasteiger partial charge in [0, 0.05) is 18.3 Å². The summed E-state index contributed by atoms with van der Waals surface area (Å²) in [5.41, 5.74) is 6.46. The molecule has 7 nitrogen and oxygen atoms in total. The largest absolute Gasteiger partial charge is 0.486 e. The molecule has 0 aliphatic carbocycles. The monoisotopic (exact) mass is 371 g/mol. The summed E-state index contributed by atoms with van der Waals surface area (Å²) in [6, 6.07) is 4.65. The fourth-order valence-electron chi connectivity index (χ4n) is 2.51. The number of carbonyl (C=O) groups is 2. The number of hydrogen-bond donors (Lipinski definition) is 2. The first-order chi connectivity index (χ1) is 11.5. The van der Waals surface area contributed by atoms with Crippen molar-refractivity contribution in [3.05, 3.63) is 18.2 Å². The summed E-state index contributed by atoms with van der Waals surface area (Å²) in [5.74, 6) is 0.796. The highest BCUT2D eigenvalue weighted by atomic mass is 35.5. The van der Waals surface area contributed by atoms with Crippen LogP contribution in [0.25, 0.3) is 0 Å². The minimum Gasteiger partial charge on any atom is -0.486 e. The van der Waals surface area contributed by atoms with Crippen molar-refractivity contribution in [1.82, 2.24) is 4.90 Å². The average Bonchev–Trinajstić information content (AvgIpc) is 2.59. The molecule has 0 spiro atoms. The van der Waals surface area contributed by atoms with Gasteiger partial charge < -0.3 is 25.4 Å². The van der Waals surface area contributed by atoms with Crippen LogP contribution >= 0.6 is 12.4 Å². The van der Waals surface area contributed by atoms with Crippen LogP contribution in [0.3, 0.4) is 0 Å². The number of anilines is 1. The molecule has 2 rings (SSSR count). The van der Waals surface area contributed by atoms with Gasteiger partial charge in [0.2, 0.25) is 11.8 Å². The smallest absolute Gasteiger partial charge is 0.243 e. The first-order valence-electron chi connectivity index (χ1n) is 8.29. The Hall–Kier alpha value is -1.99. The number of benzene rings is 1. The SMILES string of the molecule is CCCC(N)C(=O)N(CC)CC(=O)Nc1ccc2c(c1)OCCO2.Cl. The van der Waals surface area contributed by atoms with Gasteiger partial charge in [0.05, 0.1) is 12.6 Å². The van der Waals surface area contributed by atoms with E-state index in [0.29, 0.717) is 43.4 Å². The summed E-state index contributed by atoms with van der Waals surface area (Å²) in [6.07, 6.45) is 1.44. The van der Waals surface area contributed by atoms with E-state index < -0.39 is 6.04 Å². The summed E-state index contributed by atoms with van der Waals surface area (Å²) in [4.78, 5) is 25.9. The Balaban J connectivity index is 0.00000312. The molecular formula is C17H26ClN3O4. The Morgan fingerprint density at radius 3 is 2.56 bits per heavy atom. The van der Waals surface area contributed by atoms with Gasteiger partial charge >= 0.3 is 0 Å². The van der Waals surface area contributed by atoms with E-state index in [1.807, 2.05) is 13.8 Å². The highest BCUT2D eigenvalue weighted by molar-refractivity contribution is 5.95. The van der Waals surface area contributed by atoms with Crippen LogP contribution in [0.15, 0.2) is 18.2 Å². The fourth-order valence-corrected chi connectivity index (χ4v) is 2.51. The lowest BCUT2D eigenvalue weighted by Gasteiger charge is -2.24. The number of nitrogens with two attached hydrogens (primary N) is 1. The third kappa shape index (κ3) is 5.79. The van der Waals surface area contributed by atoms with Gasteiger partial charge in [0.15, 0.2) is 11.5 Å². The van der Waals surface area contributed by atoms with Gasteiger partial charge in [-0.3, -0.25) is 9.59 Å². The highest BCUT2D eigenvalue weighted by Crippen LogP contribution is 2.32. The predicted molar refractivity (Wildman–Crippen MR) is 98.4 cm³/mol. The first-order valence-corrected chi connectivity index (χ1v) is 8.29. The second kappa shape index (κ2) is 10.1. The van der Waals surface area contributed by atoms with Crippen LogP contribution < -0.4 is 20.5 Å². The molecule has 0 radical (unpaired) electrons. The number of hydrogen-bond acceptors (Lipinski definition) is 5. The molecule has 0 saturated heterocycles. The van der Waals surface area contributed by atoms with Crippen molar-refractivity contribution >= 4 is 29.9 Å². The Bertz CT molecular complexity index is 597. The van der Waals surface area contributed by atoms with Crippen LogP contribution in [0.1, 0.15) is 26.7 Å². The molecule has 25 heavy (non-hydrogen) atoms. The van der Waals surface area contributed by atoms with E-state index in [2.05, 4.69) is 5.32 Å². The summed E-state index contributed by atoms with van der Waals surface area (Å²) < 4.78 is 10.9. The predicted octanol–water partition coefficient (Wildman–Crippen LogP) is 1.79. The Morgan fingerprint density at radius 2 is 1.92 bits per heavy atom. The lowest BCUT2D eigenvalue weighted by molar-refractivity contribution is -0.135. The van der Waals surface area contributed by atoms with Crippen molar-refractivity contribution in [2.24, 2.45) is 5.73 Å². The fraction of sp³-hybridized carbons (Fsp3) is 0.529. The van der Waals surface area contributed by atoms with Crippen LogP contribution in [-0.4, -0.2) is 49.1 Å². The lowest BCUT2D eigenvalue weighted by Crippen LogP contribution is -2.46. The molecule has 2 amide bonds. The Morgan fingerprint density at radius 1 is 1.24 bits per heavy atom. The summed E-state index contributed by atoms with van der Waals surface area (Å²) in [7, 11) is 0. The van der Waals surface area contributed by atoms with Gasteiger partial charge in [-0.05, 0) is 25.5 Å². The van der Waals surface area contributed by atoms with E-state index in [9.17, 15) is 9.59 Å². The molecule has 0 bridgehead atoms. The maximum absolute atomic E-state index is 12.2. The zero-order valence-electron chi connectivity index (χ0n) is 14.6. The van der Waals surface area contributed by atoms with Crippen LogP contribution in [0.2, 0.25) is 0 Å². The number of nitrogens with one attached hydrogen (secondary N) is 1. The lowest BCUT2D eigenvalue weighted by atomic mass is 10.1. The maximum Gasteiger partial charge on any atom is 0.243 e. The molecule has 0 aromatic heterocycles. The maximum atomic E-state index is 12.2. The average molecular weight is 372 g/mol. The molecule has 8 heteroatoms. The van der Waals surface area contributed by atoms with Crippen LogP contribution in [0.5, 0.6) is 11.5 Å². The molecule has 0 saturated carbocycles. The zero-order chi connectivity index (χ0) is 17.5. The number of amides is 2. The van der Waals surface area contributed by atoms with E-state index in [4.69, 9.17) is 15.2 Å². The quantitative estimate of drug-likeness (QED) is 0.762. The number of carbonyl (C=O) groups excluding carboxylic acids is 2. The van der Waals surface area contributed by atoms with E-state index >= 15 is 0 Å². The second-order valence-electron chi connectivity index (χ2n) is 5.65. The van der Waals surface area contributed by atoms with Gasteiger partial charge in [-0.15, -0.1) is 12.4 Å². The van der Waals surface area contributed by atoms with Gasteiger partial charge in [-0.25, -0.2) is 0 Å². The molecule has 1 aliphatic heterocycles. The summed E-state index contributed by atoms with van der Waals surface area (Å²) >= 11 is 0. The van der Waals surface area contributed by atoms with Gasteiger partial charge in [0.25, 0.3) is 0 Å². The molecule has 1 unspecified atom stereocenters. The van der Waals surface area contributed by atoms with E-state index in [-0.39, 0.29) is 30.8 Å². The molecule has 1 atom stereocenters. The topological polar surface area (TPSA) is 93.9 Å². The molecule has 140 valence electrons. The Labute approximate surface area is 154 Å². The molecule has 0 fully saturated rings. The Kier molecular flexibility index (Phi) is 8.51. The number of rotatable bonds is 7. The minimum atomic E-state index is -0.558. The zero-order valence-corrected chi connectivity index (χ0v) is 15.4. The standard InChI is InChI=1S/C17H25N3O4.ClH/c1-3-5-13(18)17(22)20(4-2)11-16(21)19-12-6-7-14-15(10-12)24-9-8-23-14;/h6-7,10,13H,3-5,8-9,11,18H2,1-2H3,(H,19,21);1H. The molecule has 1 aromatic rings. The summed E-state index contributed by atoms with van der Waals surface area (Å²) in [6.45, 7) is 5.21. The highest BCUT2D eigenvalue weighted by Gasteiger charge is 2.21. The minimum absolute atomic E-state index is 0. The number of nitrogens with zero attached hydrogens (tertiary/aromatic N) is 1. The normalized spacial score (nSPS) is 13.4. The van der Waals surface area contributed by atoms with Crippen molar-refractivity contribution in [1.29, 1.82) is 0 Å². The van der Waals surface area contributed by atoms with Gasteiger partial charge in [-0.2, -0.15) is 0 Å². The van der Waals surface area contributed by atoms with Crippen molar-refractivity contribution in [2.45, 2.75) is 32.7 Å². The molecule has 1 aromatic carbocycles. The van der Waals surface area contributed by atoms with Gasteiger partial charge in [0.1, 0.15) is 13.2 Å². The summed E-state index contributed by atoms with van der Waals surface area (Å²) in [5, 5.41) is 2.77. The van der Waals surface area contributed by atoms with Crippen molar-refractivity contribution < 1.29 is 19.1 Å². The third-order valence-corrected chi connectivity index (χ3v) is 3.77. The van der Waals surface area contributed by atoms with Crippen molar-refractivity contribution in [3.63, 3.8) is 0 Å². The first kappa shape index (κ1) is 21.1. The van der Waals surface area contributed by atoms with Crippen LogP contribution in [-0.2, 0) is 9.59 Å². The number of halogens is 1. The van der Waals surface area contributed by atoms with E-state index in [1.165, 1.54) is 4.90 Å². The van der Waals surface area contributed by atoms with E-state index in [0.717, 1.165) is 6.42 Å². The third-order valence-electron chi connectivity index (χ3n) is 3.77. The molecule has 1 heterocycles. The molecule has 1 aliphatic rings. The van der Waals surface area contributed by atoms with Crippen LogP contribution in [0.4, 0.5) is 5.69 Å². The molecule has 3 N–H and O–H groups in total. The number of likely N-dealkylation sites (N-methyl/N-ethyl adjacent to an activating group) is 1. The molecular weight excluding hydrogens is 346 g/mol. The van der Waals surface area contributed by atoms with Gasteiger partial charge in [-0.1, -0.05) is 13.3 Å². The van der Waals surface area contributed by atoms with Crippen LogP contribution in [0, 0.1) is 0 Å². The van der Waals surface area contributed by atoms with Crippen molar-refractivity contribution in [3.8, 4) is 11.5 Å². The number of fused-ring (bicyclic) bond motifs is 1. The van der Waals surface area contributed by atoms with E-state index in [1.54, 1.807) is 18.2 Å².